The molecular weight excluding hydrogens is 266 g/mol. The van der Waals surface area contributed by atoms with Gasteiger partial charge in [-0.05, 0) is 36.0 Å². The molecule has 0 saturated heterocycles. The maximum atomic E-state index is 12.5. The van der Waals surface area contributed by atoms with E-state index in [-0.39, 0.29) is 23.7 Å². The fraction of sp³-hybridized carbons (Fsp3) is 0.529. The van der Waals surface area contributed by atoms with E-state index < -0.39 is 5.97 Å². The SMILES string of the molecule is CC1(C)CCCCC1C(=O)Nc1cccc(CC(=O)O)c1. The number of rotatable bonds is 4. The van der Waals surface area contributed by atoms with Gasteiger partial charge in [0.15, 0.2) is 0 Å². The van der Waals surface area contributed by atoms with Crippen molar-refractivity contribution < 1.29 is 14.7 Å². The second-order valence-corrected chi connectivity index (χ2v) is 6.55. The van der Waals surface area contributed by atoms with Crippen LogP contribution in [-0.4, -0.2) is 17.0 Å². The largest absolute Gasteiger partial charge is 0.481 e. The molecule has 0 aromatic heterocycles. The van der Waals surface area contributed by atoms with Gasteiger partial charge in [-0.1, -0.05) is 38.8 Å². The fourth-order valence-electron chi connectivity index (χ4n) is 3.14. The van der Waals surface area contributed by atoms with Crippen LogP contribution >= 0.6 is 0 Å². The van der Waals surface area contributed by atoms with Crippen molar-refractivity contribution in [3.8, 4) is 0 Å². The van der Waals surface area contributed by atoms with Crippen molar-refractivity contribution >= 4 is 17.6 Å². The van der Waals surface area contributed by atoms with Crippen LogP contribution in [-0.2, 0) is 16.0 Å². The minimum absolute atomic E-state index is 0.0226. The smallest absolute Gasteiger partial charge is 0.307 e. The highest BCUT2D eigenvalue weighted by Gasteiger charge is 2.37. The van der Waals surface area contributed by atoms with Gasteiger partial charge in [-0.15, -0.1) is 0 Å². The number of carbonyl (C=O) groups is 2. The average Bonchev–Trinajstić information content (AvgIpc) is 2.37. The summed E-state index contributed by atoms with van der Waals surface area (Å²) in [5.74, 6) is -0.798. The average molecular weight is 289 g/mol. The number of carboxylic acids is 1. The summed E-state index contributed by atoms with van der Waals surface area (Å²) in [4.78, 5) is 23.2. The number of carbonyl (C=O) groups excluding carboxylic acids is 1. The van der Waals surface area contributed by atoms with Crippen molar-refractivity contribution in [1.82, 2.24) is 0 Å². The number of hydrogen-bond acceptors (Lipinski definition) is 2. The van der Waals surface area contributed by atoms with Gasteiger partial charge in [0.05, 0.1) is 6.42 Å². The first kappa shape index (κ1) is 15.5. The number of anilines is 1. The van der Waals surface area contributed by atoms with Crippen molar-refractivity contribution in [2.24, 2.45) is 11.3 Å². The molecule has 2 rings (SSSR count). The molecule has 114 valence electrons. The molecule has 0 spiro atoms. The molecular formula is C17H23NO3. The molecule has 1 unspecified atom stereocenters. The second kappa shape index (κ2) is 6.29. The number of nitrogens with one attached hydrogen (secondary N) is 1. The summed E-state index contributed by atoms with van der Waals surface area (Å²) in [6.07, 6.45) is 4.25. The van der Waals surface area contributed by atoms with Gasteiger partial charge < -0.3 is 10.4 Å². The van der Waals surface area contributed by atoms with Crippen LogP contribution in [0.1, 0.15) is 45.1 Å². The number of hydrogen-bond donors (Lipinski definition) is 2. The maximum absolute atomic E-state index is 12.5. The first-order chi connectivity index (χ1) is 9.88. The van der Waals surface area contributed by atoms with Crippen molar-refractivity contribution in [3.63, 3.8) is 0 Å². The van der Waals surface area contributed by atoms with Crippen LogP contribution in [0.25, 0.3) is 0 Å². The Morgan fingerprint density at radius 1 is 1.33 bits per heavy atom. The highest BCUT2D eigenvalue weighted by atomic mass is 16.4. The highest BCUT2D eigenvalue weighted by Crippen LogP contribution is 2.41. The van der Waals surface area contributed by atoms with E-state index in [4.69, 9.17) is 5.11 Å². The Morgan fingerprint density at radius 3 is 2.76 bits per heavy atom. The van der Waals surface area contributed by atoms with Crippen LogP contribution in [0.3, 0.4) is 0 Å². The summed E-state index contributed by atoms with van der Waals surface area (Å²) >= 11 is 0. The molecule has 0 aliphatic heterocycles. The lowest BCUT2D eigenvalue weighted by Crippen LogP contribution is -2.37. The molecule has 21 heavy (non-hydrogen) atoms. The summed E-state index contributed by atoms with van der Waals surface area (Å²) in [7, 11) is 0. The Kier molecular flexibility index (Phi) is 4.66. The van der Waals surface area contributed by atoms with Gasteiger partial charge in [0.1, 0.15) is 0 Å². The third kappa shape index (κ3) is 4.06. The van der Waals surface area contributed by atoms with Crippen molar-refractivity contribution in [1.29, 1.82) is 0 Å². The molecule has 1 fully saturated rings. The Labute approximate surface area is 125 Å². The lowest BCUT2D eigenvalue weighted by molar-refractivity contribution is -0.136. The molecule has 1 aliphatic rings. The fourth-order valence-corrected chi connectivity index (χ4v) is 3.14. The molecule has 1 aromatic rings. The molecule has 1 aliphatic carbocycles. The van der Waals surface area contributed by atoms with Gasteiger partial charge in [-0.25, -0.2) is 0 Å². The van der Waals surface area contributed by atoms with Gasteiger partial charge in [-0.3, -0.25) is 9.59 Å². The Morgan fingerprint density at radius 2 is 2.10 bits per heavy atom. The van der Waals surface area contributed by atoms with Gasteiger partial charge in [0, 0.05) is 11.6 Å². The predicted molar refractivity (Wildman–Crippen MR) is 82.2 cm³/mol. The quantitative estimate of drug-likeness (QED) is 0.892. The first-order valence-corrected chi connectivity index (χ1v) is 7.50. The van der Waals surface area contributed by atoms with Crippen molar-refractivity contribution in [2.45, 2.75) is 46.0 Å². The Balaban J connectivity index is 2.07. The maximum Gasteiger partial charge on any atom is 0.307 e. The van der Waals surface area contributed by atoms with E-state index in [1.807, 2.05) is 0 Å². The van der Waals surface area contributed by atoms with Gasteiger partial charge >= 0.3 is 5.97 Å². The summed E-state index contributed by atoms with van der Waals surface area (Å²) in [5.41, 5.74) is 1.41. The third-order valence-corrected chi connectivity index (χ3v) is 4.37. The predicted octanol–water partition coefficient (Wildman–Crippen LogP) is 3.47. The van der Waals surface area contributed by atoms with E-state index in [0.717, 1.165) is 19.3 Å². The lowest BCUT2D eigenvalue weighted by atomic mass is 9.68. The standard InChI is InChI=1S/C17H23NO3/c1-17(2)9-4-3-8-14(17)16(21)18-13-7-5-6-12(10-13)11-15(19)20/h5-7,10,14H,3-4,8-9,11H2,1-2H3,(H,18,21)(H,19,20). The Bertz CT molecular complexity index is 537. The van der Waals surface area contributed by atoms with E-state index in [0.29, 0.717) is 11.3 Å². The molecule has 1 aromatic carbocycles. The Hall–Kier alpha value is -1.84. The summed E-state index contributed by atoms with van der Waals surface area (Å²) in [6.45, 7) is 4.30. The van der Waals surface area contributed by atoms with Crippen LogP contribution < -0.4 is 5.32 Å². The van der Waals surface area contributed by atoms with E-state index >= 15 is 0 Å². The number of aliphatic carboxylic acids is 1. The summed E-state index contributed by atoms with van der Waals surface area (Å²) < 4.78 is 0. The zero-order chi connectivity index (χ0) is 15.5. The van der Waals surface area contributed by atoms with Crippen LogP contribution in [0.5, 0.6) is 0 Å². The normalized spacial score (nSPS) is 20.8. The first-order valence-electron chi connectivity index (χ1n) is 7.50. The van der Waals surface area contributed by atoms with E-state index in [9.17, 15) is 9.59 Å². The number of carboxylic acid groups (broad SMARTS) is 1. The molecule has 1 amide bonds. The van der Waals surface area contributed by atoms with Crippen LogP contribution in [0, 0.1) is 11.3 Å². The number of amides is 1. The molecule has 1 saturated carbocycles. The second-order valence-electron chi connectivity index (χ2n) is 6.55. The molecule has 4 heteroatoms. The molecule has 1 atom stereocenters. The molecule has 0 radical (unpaired) electrons. The van der Waals surface area contributed by atoms with Crippen molar-refractivity contribution in [2.75, 3.05) is 5.32 Å². The number of benzene rings is 1. The highest BCUT2D eigenvalue weighted by molar-refractivity contribution is 5.93. The van der Waals surface area contributed by atoms with Crippen LogP contribution in [0.15, 0.2) is 24.3 Å². The van der Waals surface area contributed by atoms with E-state index in [1.165, 1.54) is 6.42 Å². The molecule has 2 N–H and O–H groups in total. The van der Waals surface area contributed by atoms with E-state index in [1.54, 1.807) is 24.3 Å². The van der Waals surface area contributed by atoms with Gasteiger partial charge in [-0.2, -0.15) is 0 Å². The van der Waals surface area contributed by atoms with Gasteiger partial charge in [0.25, 0.3) is 0 Å². The zero-order valence-corrected chi connectivity index (χ0v) is 12.7. The van der Waals surface area contributed by atoms with Gasteiger partial charge in [0.2, 0.25) is 5.91 Å². The summed E-state index contributed by atoms with van der Waals surface area (Å²) in [6, 6.07) is 7.08. The van der Waals surface area contributed by atoms with Crippen LogP contribution in [0.4, 0.5) is 5.69 Å². The minimum Gasteiger partial charge on any atom is -0.481 e. The monoisotopic (exact) mass is 289 g/mol. The molecule has 0 heterocycles. The molecule has 0 bridgehead atoms. The van der Waals surface area contributed by atoms with Crippen LogP contribution in [0.2, 0.25) is 0 Å². The zero-order valence-electron chi connectivity index (χ0n) is 12.7. The molecule has 4 nitrogen and oxygen atoms in total. The van der Waals surface area contributed by atoms with E-state index in [2.05, 4.69) is 19.2 Å². The van der Waals surface area contributed by atoms with Crippen molar-refractivity contribution in [3.05, 3.63) is 29.8 Å². The lowest BCUT2D eigenvalue weighted by Gasteiger charge is -2.37. The minimum atomic E-state index is -0.869. The summed E-state index contributed by atoms with van der Waals surface area (Å²) in [5, 5.41) is 11.8. The third-order valence-electron chi connectivity index (χ3n) is 4.37. The topological polar surface area (TPSA) is 66.4 Å².